The second kappa shape index (κ2) is 8.86. The van der Waals surface area contributed by atoms with Gasteiger partial charge in [-0.15, -0.1) is 0 Å². The molecule has 0 aliphatic rings. The summed E-state index contributed by atoms with van der Waals surface area (Å²) in [5.41, 5.74) is 4.27. The average Bonchev–Trinajstić information content (AvgIpc) is 2.49. The molecule has 0 fully saturated rings. The van der Waals surface area contributed by atoms with Crippen molar-refractivity contribution >= 4 is 6.47 Å². The molecule has 118 valence electrons. The molecule has 2 rings (SSSR count). The molecule has 0 radical (unpaired) electrons. The quantitative estimate of drug-likeness (QED) is 0.590. The number of hydrogen-bond acceptors (Lipinski definition) is 5. The van der Waals surface area contributed by atoms with Crippen LogP contribution in [0.25, 0.3) is 11.3 Å². The van der Waals surface area contributed by atoms with Gasteiger partial charge in [-0.25, -0.2) is 9.97 Å². The molecule has 0 atom stereocenters. The maximum absolute atomic E-state index is 8.36. The van der Waals surface area contributed by atoms with Gasteiger partial charge in [0.05, 0.1) is 11.4 Å². The van der Waals surface area contributed by atoms with Gasteiger partial charge in [0, 0.05) is 5.56 Å². The first-order valence-electron chi connectivity index (χ1n) is 6.90. The van der Waals surface area contributed by atoms with E-state index in [-0.39, 0.29) is 12.6 Å². The molecule has 1 aromatic carbocycles. The lowest BCUT2D eigenvalue weighted by Gasteiger charge is -2.16. The van der Waals surface area contributed by atoms with Crippen LogP contribution in [0.2, 0.25) is 0 Å². The van der Waals surface area contributed by atoms with Crippen LogP contribution in [0.15, 0.2) is 30.3 Å². The summed E-state index contributed by atoms with van der Waals surface area (Å²) in [6.45, 7) is 3.75. The van der Waals surface area contributed by atoms with Gasteiger partial charge in [-0.3, -0.25) is 15.4 Å². The molecular formula is C16H22N4O2. The zero-order valence-corrected chi connectivity index (χ0v) is 13.3. The second-order valence-corrected chi connectivity index (χ2v) is 4.71. The third-order valence-corrected chi connectivity index (χ3v) is 3.08. The first kappa shape index (κ1) is 17.7. The molecule has 0 saturated heterocycles. The molecule has 22 heavy (non-hydrogen) atoms. The summed E-state index contributed by atoms with van der Waals surface area (Å²) in [7, 11) is 3.81. The summed E-state index contributed by atoms with van der Waals surface area (Å²) in [6.07, 6.45) is 0.0332. The maximum atomic E-state index is 8.36. The molecule has 0 aliphatic heterocycles. The Balaban J connectivity index is 0.000000745. The SMILES string of the molecule is CNC(NC)c1cc(-c2ccc(C)cc2)nc(C)n1.O=CO. The van der Waals surface area contributed by atoms with Crippen LogP contribution < -0.4 is 10.6 Å². The monoisotopic (exact) mass is 302 g/mol. The first-order chi connectivity index (χ1) is 10.5. The zero-order valence-electron chi connectivity index (χ0n) is 13.3. The molecular weight excluding hydrogens is 280 g/mol. The smallest absolute Gasteiger partial charge is 0.290 e. The van der Waals surface area contributed by atoms with E-state index >= 15 is 0 Å². The number of benzene rings is 1. The van der Waals surface area contributed by atoms with Crippen molar-refractivity contribution in [2.45, 2.75) is 20.0 Å². The number of aromatic nitrogens is 2. The van der Waals surface area contributed by atoms with E-state index in [4.69, 9.17) is 9.90 Å². The van der Waals surface area contributed by atoms with E-state index in [2.05, 4.69) is 51.8 Å². The lowest BCUT2D eigenvalue weighted by molar-refractivity contribution is -0.122. The number of rotatable bonds is 4. The first-order valence-corrected chi connectivity index (χ1v) is 6.90. The molecule has 1 aromatic heterocycles. The third-order valence-electron chi connectivity index (χ3n) is 3.08. The predicted octanol–water partition coefficient (Wildman–Crippen LogP) is 1.90. The van der Waals surface area contributed by atoms with Crippen molar-refractivity contribution in [1.82, 2.24) is 20.6 Å². The highest BCUT2D eigenvalue weighted by Gasteiger charge is 2.11. The summed E-state index contributed by atoms with van der Waals surface area (Å²) in [6, 6.07) is 10.4. The van der Waals surface area contributed by atoms with Gasteiger partial charge in [0.15, 0.2) is 0 Å². The maximum Gasteiger partial charge on any atom is 0.290 e. The Hall–Kier alpha value is -2.31. The summed E-state index contributed by atoms with van der Waals surface area (Å²) in [4.78, 5) is 17.4. The third kappa shape index (κ3) is 4.91. The average molecular weight is 302 g/mol. The molecule has 1 heterocycles. The minimum atomic E-state index is -0.250. The van der Waals surface area contributed by atoms with Crippen LogP contribution in [-0.2, 0) is 4.79 Å². The number of nitrogens with zero attached hydrogens (tertiary/aromatic N) is 2. The Bertz CT molecular complexity index is 596. The van der Waals surface area contributed by atoms with Gasteiger partial charge in [0.1, 0.15) is 12.0 Å². The van der Waals surface area contributed by atoms with Crippen LogP contribution in [0.4, 0.5) is 0 Å². The van der Waals surface area contributed by atoms with Crippen molar-refractivity contribution in [1.29, 1.82) is 0 Å². The Morgan fingerprint density at radius 1 is 1.09 bits per heavy atom. The molecule has 0 saturated carbocycles. The van der Waals surface area contributed by atoms with E-state index in [0.29, 0.717) is 0 Å². The summed E-state index contributed by atoms with van der Waals surface area (Å²) in [5.74, 6) is 0.781. The zero-order chi connectivity index (χ0) is 16.5. The van der Waals surface area contributed by atoms with E-state index in [9.17, 15) is 0 Å². The number of carbonyl (C=O) groups is 1. The van der Waals surface area contributed by atoms with Crippen molar-refractivity contribution in [3.63, 3.8) is 0 Å². The highest BCUT2D eigenvalue weighted by Crippen LogP contribution is 2.20. The summed E-state index contributed by atoms with van der Waals surface area (Å²) in [5, 5.41) is 13.3. The summed E-state index contributed by atoms with van der Waals surface area (Å²) < 4.78 is 0. The van der Waals surface area contributed by atoms with E-state index in [0.717, 1.165) is 22.8 Å². The number of aryl methyl sites for hydroxylation is 2. The summed E-state index contributed by atoms with van der Waals surface area (Å²) >= 11 is 0. The number of hydrogen-bond donors (Lipinski definition) is 3. The van der Waals surface area contributed by atoms with Crippen LogP contribution in [0.3, 0.4) is 0 Å². The fourth-order valence-electron chi connectivity index (χ4n) is 2.05. The molecule has 3 N–H and O–H groups in total. The Labute approximate surface area is 130 Å². The fourth-order valence-corrected chi connectivity index (χ4v) is 2.05. The molecule has 2 aromatic rings. The van der Waals surface area contributed by atoms with Gasteiger partial charge >= 0.3 is 0 Å². The van der Waals surface area contributed by atoms with Gasteiger partial charge in [-0.2, -0.15) is 0 Å². The van der Waals surface area contributed by atoms with Crippen molar-refractivity contribution in [2.75, 3.05) is 14.1 Å². The standard InChI is InChI=1S/C15H20N4.CH2O2/c1-10-5-7-12(8-6-10)13-9-14(15(16-3)17-4)19-11(2)18-13;2-1-3/h5-9,15-17H,1-4H3;1H,(H,2,3). The molecule has 0 aliphatic carbocycles. The van der Waals surface area contributed by atoms with Crippen LogP contribution >= 0.6 is 0 Å². The van der Waals surface area contributed by atoms with Crippen molar-refractivity contribution < 1.29 is 9.90 Å². The molecule has 0 bridgehead atoms. The van der Waals surface area contributed by atoms with Crippen LogP contribution in [0.1, 0.15) is 23.2 Å². The predicted molar refractivity (Wildman–Crippen MR) is 86.5 cm³/mol. The topological polar surface area (TPSA) is 87.1 Å². The van der Waals surface area contributed by atoms with Crippen molar-refractivity contribution in [2.24, 2.45) is 0 Å². The number of carboxylic acid groups (broad SMARTS) is 1. The van der Waals surface area contributed by atoms with Gasteiger partial charge in [-0.05, 0) is 34.0 Å². The van der Waals surface area contributed by atoms with E-state index in [1.54, 1.807) is 0 Å². The minimum Gasteiger partial charge on any atom is -0.483 e. The lowest BCUT2D eigenvalue weighted by Crippen LogP contribution is -2.29. The van der Waals surface area contributed by atoms with Gasteiger partial charge in [0.25, 0.3) is 6.47 Å². The molecule has 6 nitrogen and oxygen atoms in total. The highest BCUT2D eigenvalue weighted by molar-refractivity contribution is 5.59. The molecule has 0 spiro atoms. The van der Waals surface area contributed by atoms with E-state index in [1.165, 1.54) is 5.56 Å². The largest absolute Gasteiger partial charge is 0.483 e. The van der Waals surface area contributed by atoms with E-state index < -0.39 is 0 Å². The van der Waals surface area contributed by atoms with Crippen LogP contribution in [0.5, 0.6) is 0 Å². The van der Waals surface area contributed by atoms with Crippen LogP contribution in [-0.4, -0.2) is 35.6 Å². The lowest BCUT2D eigenvalue weighted by atomic mass is 10.1. The minimum absolute atomic E-state index is 0.0332. The number of nitrogens with one attached hydrogen (secondary N) is 2. The molecule has 6 heteroatoms. The Kier molecular flexibility index (Phi) is 7.15. The van der Waals surface area contributed by atoms with Gasteiger partial charge in [0.2, 0.25) is 0 Å². The van der Waals surface area contributed by atoms with Gasteiger partial charge in [-0.1, -0.05) is 29.8 Å². The highest BCUT2D eigenvalue weighted by atomic mass is 16.3. The van der Waals surface area contributed by atoms with Crippen LogP contribution in [0, 0.1) is 13.8 Å². The van der Waals surface area contributed by atoms with Gasteiger partial charge < -0.3 is 5.11 Å². The Morgan fingerprint density at radius 3 is 2.14 bits per heavy atom. The second-order valence-electron chi connectivity index (χ2n) is 4.71. The fraction of sp³-hybridized carbons (Fsp3) is 0.312. The Morgan fingerprint density at radius 2 is 1.64 bits per heavy atom. The van der Waals surface area contributed by atoms with Crippen molar-refractivity contribution in [3.05, 3.63) is 47.4 Å². The normalized spacial score (nSPS) is 10.0. The van der Waals surface area contributed by atoms with E-state index in [1.807, 2.05) is 27.1 Å². The molecule has 0 unspecified atom stereocenters. The van der Waals surface area contributed by atoms with Crippen molar-refractivity contribution in [3.8, 4) is 11.3 Å². The molecule has 0 amide bonds.